The van der Waals surface area contributed by atoms with Crippen molar-refractivity contribution in [3.8, 4) is 0 Å². The third-order valence-corrected chi connectivity index (χ3v) is 4.93. The Kier molecular flexibility index (Phi) is 4.70. The third-order valence-electron chi connectivity index (χ3n) is 4.93. The van der Waals surface area contributed by atoms with Crippen LogP contribution in [0.15, 0.2) is 41.5 Å². The fourth-order valence-corrected chi connectivity index (χ4v) is 3.11. The minimum absolute atomic E-state index is 0.259. The molecule has 1 aliphatic rings. The molecule has 1 unspecified atom stereocenters. The van der Waals surface area contributed by atoms with E-state index < -0.39 is 0 Å². The van der Waals surface area contributed by atoms with Crippen molar-refractivity contribution in [2.45, 2.75) is 61.3 Å². The van der Waals surface area contributed by atoms with Gasteiger partial charge in [0.25, 0.3) is 0 Å². The Bertz CT molecular complexity index is 585. The molecule has 1 aromatic carbocycles. The summed E-state index contributed by atoms with van der Waals surface area (Å²) < 4.78 is 0. The van der Waals surface area contributed by atoms with Crippen molar-refractivity contribution in [1.82, 2.24) is 0 Å². The number of allylic oxidation sites excluding steroid dienone is 3. The largest absolute Gasteiger partial charge is 0.0805 e. The lowest BCUT2D eigenvalue weighted by Gasteiger charge is -2.37. The van der Waals surface area contributed by atoms with Crippen molar-refractivity contribution in [2.24, 2.45) is 16.7 Å². The Morgan fingerprint density at radius 3 is 2.18 bits per heavy atom. The van der Waals surface area contributed by atoms with E-state index >= 15 is 0 Å². The molecular formula is C22H32. The summed E-state index contributed by atoms with van der Waals surface area (Å²) in [5, 5.41) is 0. The maximum absolute atomic E-state index is 2.56. The zero-order valence-electron chi connectivity index (χ0n) is 15.5. The second-order valence-electron chi connectivity index (χ2n) is 8.95. The molecule has 0 amide bonds. The molecule has 0 heteroatoms. The number of hydrogen-bond acceptors (Lipinski definition) is 0. The van der Waals surface area contributed by atoms with Crippen LogP contribution in [0.5, 0.6) is 0 Å². The molecule has 120 valence electrons. The van der Waals surface area contributed by atoms with Crippen molar-refractivity contribution in [2.75, 3.05) is 0 Å². The highest BCUT2D eigenvalue weighted by Gasteiger charge is 2.30. The summed E-state index contributed by atoms with van der Waals surface area (Å²) in [7, 11) is 0. The molecule has 1 atom stereocenters. The monoisotopic (exact) mass is 296 g/mol. The lowest BCUT2D eigenvalue weighted by molar-refractivity contribution is 0.277. The fourth-order valence-electron chi connectivity index (χ4n) is 3.11. The van der Waals surface area contributed by atoms with Crippen LogP contribution in [0, 0.1) is 23.7 Å². The SMILES string of the molecule is Cc1ccccc1C=C1CC(C(C)(C)C)=CC(C(C)(C)C)C1. The Morgan fingerprint density at radius 2 is 1.64 bits per heavy atom. The second kappa shape index (κ2) is 6.07. The van der Waals surface area contributed by atoms with Gasteiger partial charge in [0.05, 0.1) is 0 Å². The maximum atomic E-state index is 2.56. The predicted molar refractivity (Wildman–Crippen MR) is 98.9 cm³/mol. The van der Waals surface area contributed by atoms with Gasteiger partial charge in [-0.1, -0.05) is 89.1 Å². The van der Waals surface area contributed by atoms with Crippen molar-refractivity contribution >= 4 is 6.08 Å². The molecule has 0 nitrogen and oxygen atoms in total. The van der Waals surface area contributed by atoms with Crippen LogP contribution < -0.4 is 0 Å². The normalized spacial score (nSPS) is 21.9. The number of hydrogen-bond donors (Lipinski definition) is 0. The fraction of sp³-hybridized carbons (Fsp3) is 0.545. The van der Waals surface area contributed by atoms with Gasteiger partial charge in [0.2, 0.25) is 0 Å². The first-order chi connectivity index (χ1) is 10.1. The lowest BCUT2D eigenvalue weighted by atomic mass is 9.68. The first-order valence-corrected chi connectivity index (χ1v) is 8.53. The van der Waals surface area contributed by atoms with Gasteiger partial charge in [0.1, 0.15) is 0 Å². The van der Waals surface area contributed by atoms with E-state index in [1.165, 1.54) is 17.5 Å². The summed E-state index contributed by atoms with van der Waals surface area (Å²) in [6.07, 6.45) is 7.32. The van der Waals surface area contributed by atoms with Crippen LogP contribution in [-0.2, 0) is 0 Å². The zero-order chi connectivity index (χ0) is 16.5. The molecule has 0 fully saturated rings. The van der Waals surface area contributed by atoms with E-state index in [2.05, 4.69) is 84.9 Å². The number of rotatable bonds is 1. The summed E-state index contributed by atoms with van der Waals surface area (Å²) in [6.45, 7) is 16.3. The van der Waals surface area contributed by atoms with Crippen LogP contribution in [0.3, 0.4) is 0 Å². The van der Waals surface area contributed by atoms with Gasteiger partial charge < -0.3 is 0 Å². The van der Waals surface area contributed by atoms with E-state index in [0.29, 0.717) is 11.3 Å². The van der Waals surface area contributed by atoms with E-state index in [4.69, 9.17) is 0 Å². The second-order valence-corrected chi connectivity index (χ2v) is 8.95. The van der Waals surface area contributed by atoms with Gasteiger partial charge in [-0.05, 0) is 47.6 Å². The maximum Gasteiger partial charge on any atom is -0.00996 e. The van der Waals surface area contributed by atoms with Crippen molar-refractivity contribution < 1.29 is 0 Å². The summed E-state index contributed by atoms with van der Waals surface area (Å²) in [4.78, 5) is 0. The van der Waals surface area contributed by atoms with Gasteiger partial charge in [-0.25, -0.2) is 0 Å². The molecule has 0 aromatic heterocycles. The van der Waals surface area contributed by atoms with Crippen LogP contribution in [-0.4, -0.2) is 0 Å². The van der Waals surface area contributed by atoms with Crippen LogP contribution in [0.1, 0.15) is 65.5 Å². The highest BCUT2D eigenvalue weighted by atomic mass is 14.4. The Morgan fingerprint density at radius 1 is 1.00 bits per heavy atom. The van der Waals surface area contributed by atoms with Gasteiger partial charge in [0, 0.05) is 0 Å². The van der Waals surface area contributed by atoms with Crippen molar-refractivity contribution in [3.05, 3.63) is 52.6 Å². The van der Waals surface area contributed by atoms with Crippen LogP contribution in [0.4, 0.5) is 0 Å². The predicted octanol–water partition coefficient (Wildman–Crippen LogP) is 6.81. The smallest absolute Gasteiger partial charge is 0.00996 e. The third kappa shape index (κ3) is 4.12. The first-order valence-electron chi connectivity index (χ1n) is 8.53. The quantitative estimate of drug-likeness (QED) is 0.499. The standard InChI is InChI=1S/C22H32/c1-16-10-8-9-11-18(16)12-17-13-19(21(2,3)4)15-20(14-17)22(5,6)7/h8-12,15,19H,13-14H2,1-7H3. The molecule has 0 saturated heterocycles. The van der Waals surface area contributed by atoms with Gasteiger partial charge in [-0.3, -0.25) is 0 Å². The molecule has 22 heavy (non-hydrogen) atoms. The molecule has 0 saturated carbocycles. The molecule has 0 aliphatic heterocycles. The highest BCUT2D eigenvalue weighted by Crippen LogP contribution is 2.44. The summed E-state index contributed by atoms with van der Waals surface area (Å²) in [6, 6.07) is 8.71. The van der Waals surface area contributed by atoms with Gasteiger partial charge in [-0.2, -0.15) is 0 Å². The Labute approximate surface area is 137 Å². The lowest BCUT2D eigenvalue weighted by Crippen LogP contribution is -2.25. The first kappa shape index (κ1) is 17.1. The number of aryl methyl sites for hydroxylation is 1. The van der Waals surface area contributed by atoms with E-state index in [1.54, 1.807) is 11.1 Å². The van der Waals surface area contributed by atoms with E-state index in [-0.39, 0.29) is 5.41 Å². The molecule has 2 rings (SSSR count). The molecule has 0 heterocycles. The zero-order valence-corrected chi connectivity index (χ0v) is 15.5. The van der Waals surface area contributed by atoms with Crippen LogP contribution >= 0.6 is 0 Å². The minimum Gasteiger partial charge on any atom is -0.0805 e. The molecular weight excluding hydrogens is 264 g/mol. The molecule has 1 aliphatic carbocycles. The Balaban J connectivity index is 2.39. The molecule has 0 N–H and O–H groups in total. The van der Waals surface area contributed by atoms with Crippen LogP contribution in [0.2, 0.25) is 0 Å². The molecule has 0 radical (unpaired) electrons. The summed E-state index contributed by atoms with van der Waals surface area (Å²) in [5.41, 5.74) is 6.51. The van der Waals surface area contributed by atoms with Crippen LogP contribution in [0.25, 0.3) is 6.08 Å². The van der Waals surface area contributed by atoms with Gasteiger partial charge in [-0.15, -0.1) is 0 Å². The van der Waals surface area contributed by atoms with E-state index in [1.807, 2.05) is 0 Å². The topological polar surface area (TPSA) is 0 Å². The van der Waals surface area contributed by atoms with Gasteiger partial charge >= 0.3 is 0 Å². The summed E-state index contributed by atoms with van der Waals surface area (Å²) in [5.74, 6) is 0.630. The summed E-state index contributed by atoms with van der Waals surface area (Å²) >= 11 is 0. The highest BCUT2D eigenvalue weighted by molar-refractivity contribution is 5.58. The minimum atomic E-state index is 0.259. The van der Waals surface area contributed by atoms with E-state index in [9.17, 15) is 0 Å². The molecule has 0 bridgehead atoms. The average Bonchev–Trinajstić information content (AvgIpc) is 2.39. The van der Waals surface area contributed by atoms with E-state index in [0.717, 1.165) is 6.42 Å². The molecule has 0 spiro atoms. The van der Waals surface area contributed by atoms with Crippen molar-refractivity contribution in [1.29, 1.82) is 0 Å². The van der Waals surface area contributed by atoms with Gasteiger partial charge in [0.15, 0.2) is 0 Å². The average molecular weight is 296 g/mol. The Hall–Kier alpha value is -1.30. The number of benzene rings is 1. The van der Waals surface area contributed by atoms with Crippen molar-refractivity contribution in [3.63, 3.8) is 0 Å². The molecule has 1 aromatic rings.